The molecule has 3 heterocycles. The maximum absolute atomic E-state index is 12.9. The number of imidazole rings is 1. The van der Waals surface area contributed by atoms with Crippen LogP contribution in [0.1, 0.15) is 35.8 Å². The van der Waals surface area contributed by atoms with Gasteiger partial charge in [-0.15, -0.1) is 0 Å². The number of likely N-dealkylation sites (tertiary alicyclic amines) is 1. The van der Waals surface area contributed by atoms with Gasteiger partial charge in [0, 0.05) is 37.1 Å². The van der Waals surface area contributed by atoms with Gasteiger partial charge in [-0.2, -0.15) is 0 Å². The lowest BCUT2D eigenvalue weighted by Gasteiger charge is -2.32. The largest absolute Gasteiger partial charge is 0.497 e. The Morgan fingerprint density at radius 2 is 2.03 bits per heavy atom. The molecule has 0 bridgehead atoms. The molecule has 0 aliphatic carbocycles. The summed E-state index contributed by atoms with van der Waals surface area (Å²) in [5, 5.41) is 0. The zero-order chi connectivity index (χ0) is 20.2. The Morgan fingerprint density at radius 1 is 1.21 bits per heavy atom. The number of amides is 1. The molecule has 1 saturated heterocycles. The molecule has 1 aliphatic rings. The molecule has 150 valence electrons. The van der Waals surface area contributed by atoms with E-state index in [2.05, 4.69) is 11.1 Å². The van der Waals surface area contributed by atoms with Crippen molar-refractivity contribution in [1.29, 1.82) is 0 Å². The second kappa shape index (κ2) is 8.47. The SMILES string of the molecule is COc1ccc(CC(=O)N2CCC[C@H](c3cccc(-n4ccnc4C)n3)C2)cc1. The Labute approximate surface area is 171 Å². The van der Waals surface area contributed by atoms with E-state index in [0.717, 1.165) is 48.0 Å². The average molecular weight is 390 g/mol. The van der Waals surface area contributed by atoms with Gasteiger partial charge in [-0.25, -0.2) is 9.97 Å². The van der Waals surface area contributed by atoms with Gasteiger partial charge in [-0.05, 0) is 49.6 Å². The third-order valence-corrected chi connectivity index (χ3v) is 5.54. The van der Waals surface area contributed by atoms with Gasteiger partial charge in [-0.1, -0.05) is 18.2 Å². The lowest BCUT2D eigenvalue weighted by atomic mass is 9.93. The zero-order valence-electron chi connectivity index (χ0n) is 16.9. The molecule has 0 saturated carbocycles. The number of hydrogen-bond donors (Lipinski definition) is 0. The van der Waals surface area contributed by atoms with E-state index in [0.29, 0.717) is 13.0 Å². The normalized spacial score (nSPS) is 16.6. The van der Waals surface area contributed by atoms with Gasteiger partial charge in [0.2, 0.25) is 5.91 Å². The maximum atomic E-state index is 12.9. The van der Waals surface area contributed by atoms with Gasteiger partial charge in [0.15, 0.2) is 0 Å². The van der Waals surface area contributed by atoms with Crippen LogP contribution in [0.4, 0.5) is 0 Å². The summed E-state index contributed by atoms with van der Waals surface area (Å²) in [6.45, 7) is 3.49. The number of benzene rings is 1. The molecule has 0 spiro atoms. The van der Waals surface area contributed by atoms with Crippen molar-refractivity contribution in [2.75, 3.05) is 20.2 Å². The summed E-state index contributed by atoms with van der Waals surface area (Å²) in [5.74, 6) is 3.01. The first kappa shape index (κ1) is 19.2. The number of aryl methyl sites for hydroxylation is 1. The van der Waals surface area contributed by atoms with Crippen LogP contribution in [-0.4, -0.2) is 45.5 Å². The molecule has 4 rings (SSSR count). The fourth-order valence-electron chi connectivity index (χ4n) is 3.90. The van der Waals surface area contributed by atoms with Gasteiger partial charge >= 0.3 is 0 Å². The third kappa shape index (κ3) is 4.31. The van der Waals surface area contributed by atoms with E-state index in [-0.39, 0.29) is 11.8 Å². The first-order chi connectivity index (χ1) is 14.1. The van der Waals surface area contributed by atoms with Crippen LogP contribution < -0.4 is 4.74 Å². The zero-order valence-corrected chi connectivity index (χ0v) is 16.9. The number of methoxy groups -OCH3 is 1. The standard InChI is InChI=1S/C23H26N4O2/c1-17-24-12-14-27(17)22-7-3-6-21(25-22)19-5-4-13-26(16-19)23(28)15-18-8-10-20(29-2)11-9-18/h3,6-12,14,19H,4-5,13,15-16H2,1-2H3/t19-/m0/s1. The molecule has 6 nitrogen and oxygen atoms in total. The molecule has 29 heavy (non-hydrogen) atoms. The first-order valence-electron chi connectivity index (χ1n) is 10.0. The Balaban J connectivity index is 1.45. The van der Waals surface area contributed by atoms with Crippen molar-refractivity contribution in [1.82, 2.24) is 19.4 Å². The monoisotopic (exact) mass is 390 g/mol. The van der Waals surface area contributed by atoms with Crippen molar-refractivity contribution in [3.8, 4) is 11.6 Å². The molecule has 1 fully saturated rings. The van der Waals surface area contributed by atoms with Crippen LogP contribution in [0.5, 0.6) is 5.75 Å². The van der Waals surface area contributed by atoms with Gasteiger partial charge in [0.05, 0.1) is 13.5 Å². The number of carbonyl (C=O) groups is 1. The minimum atomic E-state index is 0.168. The van der Waals surface area contributed by atoms with Gasteiger partial charge in [0.25, 0.3) is 0 Å². The van der Waals surface area contributed by atoms with Crippen LogP contribution in [0.3, 0.4) is 0 Å². The summed E-state index contributed by atoms with van der Waals surface area (Å²) >= 11 is 0. The molecule has 1 aromatic carbocycles. The maximum Gasteiger partial charge on any atom is 0.227 e. The second-order valence-electron chi connectivity index (χ2n) is 7.47. The van der Waals surface area contributed by atoms with E-state index in [1.807, 2.05) is 59.0 Å². The number of carbonyl (C=O) groups excluding carboxylic acids is 1. The molecule has 1 aliphatic heterocycles. The highest BCUT2D eigenvalue weighted by Gasteiger charge is 2.26. The van der Waals surface area contributed by atoms with Crippen molar-refractivity contribution in [2.24, 2.45) is 0 Å². The molecule has 1 amide bonds. The minimum Gasteiger partial charge on any atom is -0.497 e. The molecule has 0 unspecified atom stereocenters. The highest BCUT2D eigenvalue weighted by molar-refractivity contribution is 5.79. The van der Waals surface area contributed by atoms with Crippen LogP contribution in [0, 0.1) is 6.92 Å². The number of hydrogen-bond acceptors (Lipinski definition) is 4. The number of ether oxygens (including phenoxy) is 1. The molecular weight excluding hydrogens is 364 g/mol. The van der Waals surface area contributed by atoms with Crippen LogP contribution in [0.2, 0.25) is 0 Å². The lowest BCUT2D eigenvalue weighted by molar-refractivity contribution is -0.131. The van der Waals surface area contributed by atoms with Crippen molar-refractivity contribution < 1.29 is 9.53 Å². The Kier molecular flexibility index (Phi) is 5.60. The summed E-state index contributed by atoms with van der Waals surface area (Å²) in [7, 11) is 1.64. The molecular formula is C23H26N4O2. The predicted octanol–water partition coefficient (Wildman–Crippen LogP) is 3.53. The lowest BCUT2D eigenvalue weighted by Crippen LogP contribution is -2.40. The molecule has 1 atom stereocenters. The highest BCUT2D eigenvalue weighted by atomic mass is 16.5. The van der Waals surface area contributed by atoms with E-state index in [9.17, 15) is 4.79 Å². The average Bonchev–Trinajstić information content (AvgIpc) is 3.20. The number of nitrogens with zero attached hydrogens (tertiary/aromatic N) is 4. The summed E-state index contributed by atoms with van der Waals surface area (Å²) in [4.78, 5) is 24.0. The van der Waals surface area contributed by atoms with Crippen molar-refractivity contribution in [3.63, 3.8) is 0 Å². The van der Waals surface area contributed by atoms with E-state index in [1.165, 1.54) is 0 Å². The molecule has 0 radical (unpaired) electrons. The number of piperidine rings is 1. The summed E-state index contributed by atoms with van der Waals surface area (Å²) in [5.41, 5.74) is 2.05. The number of pyridine rings is 1. The highest BCUT2D eigenvalue weighted by Crippen LogP contribution is 2.27. The molecule has 0 N–H and O–H groups in total. The smallest absolute Gasteiger partial charge is 0.227 e. The van der Waals surface area contributed by atoms with E-state index < -0.39 is 0 Å². The Bertz CT molecular complexity index is 981. The van der Waals surface area contributed by atoms with Crippen molar-refractivity contribution in [3.05, 3.63) is 71.9 Å². The van der Waals surface area contributed by atoms with Crippen LogP contribution in [0.25, 0.3) is 5.82 Å². The van der Waals surface area contributed by atoms with E-state index >= 15 is 0 Å². The second-order valence-corrected chi connectivity index (χ2v) is 7.47. The minimum absolute atomic E-state index is 0.168. The van der Waals surface area contributed by atoms with Crippen LogP contribution >= 0.6 is 0 Å². The summed E-state index contributed by atoms with van der Waals surface area (Å²) in [6, 6.07) is 13.8. The fourth-order valence-corrected chi connectivity index (χ4v) is 3.90. The molecule has 6 heteroatoms. The summed E-state index contributed by atoms with van der Waals surface area (Å²) in [6.07, 6.45) is 6.16. The first-order valence-corrected chi connectivity index (χ1v) is 10.0. The summed E-state index contributed by atoms with van der Waals surface area (Å²) < 4.78 is 7.17. The third-order valence-electron chi connectivity index (χ3n) is 5.54. The quantitative estimate of drug-likeness (QED) is 0.669. The predicted molar refractivity (Wildman–Crippen MR) is 111 cm³/mol. The van der Waals surface area contributed by atoms with Crippen molar-refractivity contribution in [2.45, 2.75) is 32.1 Å². The molecule has 2 aromatic heterocycles. The van der Waals surface area contributed by atoms with Gasteiger partial charge in [0.1, 0.15) is 17.4 Å². The molecule has 3 aromatic rings. The van der Waals surface area contributed by atoms with Crippen LogP contribution in [0.15, 0.2) is 54.9 Å². The fraction of sp³-hybridized carbons (Fsp3) is 0.348. The number of aromatic nitrogens is 3. The van der Waals surface area contributed by atoms with E-state index in [4.69, 9.17) is 9.72 Å². The van der Waals surface area contributed by atoms with Crippen molar-refractivity contribution >= 4 is 5.91 Å². The van der Waals surface area contributed by atoms with E-state index in [1.54, 1.807) is 13.3 Å². The number of rotatable bonds is 5. The van der Waals surface area contributed by atoms with Crippen LogP contribution in [-0.2, 0) is 11.2 Å². The van der Waals surface area contributed by atoms with Gasteiger partial charge in [-0.3, -0.25) is 9.36 Å². The Hall–Kier alpha value is -3.15. The van der Waals surface area contributed by atoms with Gasteiger partial charge < -0.3 is 9.64 Å². The topological polar surface area (TPSA) is 60.2 Å². The Morgan fingerprint density at radius 3 is 2.76 bits per heavy atom.